The number of benzene rings is 1. The summed E-state index contributed by atoms with van der Waals surface area (Å²) in [7, 11) is -0.540. The zero-order valence-corrected chi connectivity index (χ0v) is 12.2. The number of rotatable bonds is 3. The summed E-state index contributed by atoms with van der Waals surface area (Å²) < 4.78 is 11.8. The van der Waals surface area contributed by atoms with Gasteiger partial charge >= 0.3 is 7.12 Å². The first-order chi connectivity index (χ1) is 9.14. The van der Waals surface area contributed by atoms with Gasteiger partial charge in [-0.1, -0.05) is 6.58 Å². The minimum Gasteiger partial charge on any atom is -0.399 e. The quantitative estimate of drug-likeness (QED) is 0.482. The second kappa shape index (κ2) is 4.72. The van der Waals surface area contributed by atoms with Gasteiger partial charge in [0.2, 0.25) is 0 Å². The van der Waals surface area contributed by atoms with Crippen LogP contribution in [0.4, 0.5) is 5.69 Å². The minimum atomic E-state index is -0.540. The molecule has 0 amide bonds. The van der Waals surface area contributed by atoms with Crippen molar-refractivity contribution in [2.75, 3.05) is 0 Å². The zero-order chi connectivity index (χ0) is 15.1. The molecule has 1 heterocycles. The van der Waals surface area contributed by atoms with Crippen LogP contribution in [0.5, 0.6) is 0 Å². The fourth-order valence-electron chi connectivity index (χ4n) is 1.92. The summed E-state index contributed by atoms with van der Waals surface area (Å²) in [5.74, 6) is 0. The predicted molar refractivity (Wildman–Crippen MR) is 78.2 cm³/mol. The number of hydrogen-bond acceptors (Lipinski definition) is 4. The van der Waals surface area contributed by atoms with Crippen molar-refractivity contribution in [3.63, 3.8) is 0 Å². The van der Waals surface area contributed by atoms with Crippen LogP contribution in [0.2, 0.25) is 0 Å². The Kier molecular flexibility index (Phi) is 3.48. The Bertz CT molecular complexity index is 535. The van der Waals surface area contributed by atoms with E-state index in [0.717, 1.165) is 5.56 Å². The van der Waals surface area contributed by atoms with E-state index in [1.807, 2.05) is 27.7 Å². The molecular formula is C14H18BNO4. The molecule has 0 saturated carbocycles. The van der Waals surface area contributed by atoms with E-state index in [2.05, 4.69) is 6.58 Å². The Morgan fingerprint density at radius 3 is 2.00 bits per heavy atom. The second-order valence-electron chi connectivity index (χ2n) is 5.92. The van der Waals surface area contributed by atoms with Crippen molar-refractivity contribution in [1.29, 1.82) is 0 Å². The minimum absolute atomic E-state index is 0.0514. The van der Waals surface area contributed by atoms with Gasteiger partial charge < -0.3 is 9.31 Å². The summed E-state index contributed by atoms with van der Waals surface area (Å²) in [6, 6.07) is 6.22. The number of nitro benzene ring substituents is 1. The molecule has 20 heavy (non-hydrogen) atoms. The smallest absolute Gasteiger partial charge is 0.399 e. The average Bonchev–Trinajstić information content (AvgIpc) is 2.57. The van der Waals surface area contributed by atoms with Crippen LogP contribution in [0.3, 0.4) is 0 Å². The maximum Gasteiger partial charge on any atom is 0.494 e. The highest BCUT2D eigenvalue weighted by Gasteiger charge is 2.52. The van der Waals surface area contributed by atoms with E-state index in [1.54, 1.807) is 12.1 Å². The first-order valence-electron chi connectivity index (χ1n) is 6.43. The van der Waals surface area contributed by atoms with E-state index in [0.29, 0.717) is 5.47 Å². The van der Waals surface area contributed by atoms with Gasteiger partial charge in [0.25, 0.3) is 5.69 Å². The van der Waals surface area contributed by atoms with Crippen molar-refractivity contribution in [2.24, 2.45) is 0 Å². The van der Waals surface area contributed by atoms with Crippen molar-refractivity contribution in [3.05, 3.63) is 46.5 Å². The summed E-state index contributed by atoms with van der Waals surface area (Å²) in [5.41, 5.74) is 0.631. The van der Waals surface area contributed by atoms with E-state index in [1.165, 1.54) is 12.1 Å². The van der Waals surface area contributed by atoms with Gasteiger partial charge in [0.05, 0.1) is 16.1 Å². The lowest BCUT2D eigenvalue weighted by molar-refractivity contribution is -0.384. The largest absolute Gasteiger partial charge is 0.494 e. The summed E-state index contributed by atoms with van der Waals surface area (Å²) in [5, 5.41) is 10.6. The Morgan fingerprint density at radius 1 is 1.15 bits per heavy atom. The molecule has 0 aromatic heterocycles. The molecule has 2 rings (SSSR count). The van der Waals surface area contributed by atoms with Crippen LogP contribution in [0.1, 0.15) is 33.3 Å². The zero-order valence-electron chi connectivity index (χ0n) is 12.2. The Hall–Kier alpha value is -1.66. The van der Waals surface area contributed by atoms with Crippen LogP contribution < -0.4 is 0 Å². The van der Waals surface area contributed by atoms with Gasteiger partial charge in [0, 0.05) is 12.1 Å². The third-order valence-corrected chi connectivity index (χ3v) is 3.99. The fourth-order valence-corrected chi connectivity index (χ4v) is 1.92. The normalized spacial score (nSPS) is 19.9. The number of hydrogen-bond donors (Lipinski definition) is 0. The molecule has 0 bridgehead atoms. The Balaban J connectivity index is 2.19. The molecule has 106 valence electrons. The third kappa shape index (κ3) is 2.49. The van der Waals surface area contributed by atoms with Crippen LogP contribution in [-0.4, -0.2) is 23.2 Å². The molecule has 1 aliphatic rings. The molecule has 5 nitrogen and oxygen atoms in total. The molecule has 6 heteroatoms. The summed E-state index contributed by atoms with van der Waals surface area (Å²) in [6.45, 7) is 11.9. The lowest BCUT2D eigenvalue weighted by atomic mass is 9.75. The van der Waals surface area contributed by atoms with Gasteiger partial charge in [-0.2, -0.15) is 0 Å². The van der Waals surface area contributed by atoms with Crippen molar-refractivity contribution < 1.29 is 14.2 Å². The first kappa shape index (κ1) is 14.7. The fraction of sp³-hybridized carbons (Fsp3) is 0.429. The Labute approximate surface area is 118 Å². The molecule has 1 aromatic rings. The molecule has 0 spiro atoms. The highest BCUT2D eigenvalue weighted by atomic mass is 16.7. The number of nitrogens with zero attached hydrogens (tertiary/aromatic N) is 1. The molecule has 1 aliphatic heterocycles. The molecule has 0 atom stereocenters. The molecule has 0 N–H and O–H groups in total. The van der Waals surface area contributed by atoms with Crippen molar-refractivity contribution in [1.82, 2.24) is 0 Å². The maximum absolute atomic E-state index is 10.6. The molecular weight excluding hydrogens is 257 g/mol. The average molecular weight is 275 g/mol. The van der Waals surface area contributed by atoms with Gasteiger partial charge in [-0.05, 0) is 50.9 Å². The summed E-state index contributed by atoms with van der Waals surface area (Å²) in [4.78, 5) is 10.2. The first-order valence-corrected chi connectivity index (χ1v) is 6.43. The van der Waals surface area contributed by atoms with E-state index < -0.39 is 23.2 Å². The topological polar surface area (TPSA) is 61.6 Å². The Morgan fingerprint density at radius 2 is 1.60 bits per heavy atom. The van der Waals surface area contributed by atoms with Crippen LogP contribution in [0, 0.1) is 10.1 Å². The highest BCUT2D eigenvalue weighted by molar-refractivity contribution is 6.68. The summed E-state index contributed by atoms with van der Waals surface area (Å²) >= 11 is 0. The maximum atomic E-state index is 10.6. The molecule has 0 radical (unpaired) electrons. The van der Waals surface area contributed by atoms with Crippen molar-refractivity contribution >= 4 is 18.3 Å². The lowest BCUT2D eigenvalue weighted by Crippen LogP contribution is -2.41. The standard InChI is InChI=1S/C14H18BNO4/c1-10(11-6-8-12(9-7-11)16(17)18)15-19-13(2,3)14(4,5)20-15/h6-9H,1H2,2-5H3. The predicted octanol–water partition coefficient (Wildman–Crippen LogP) is 3.24. The van der Waals surface area contributed by atoms with E-state index in [-0.39, 0.29) is 5.69 Å². The molecule has 0 unspecified atom stereocenters. The van der Waals surface area contributed by atoms with Gasteiger partial charge in [-0.25, -0.2) is 0 Å². The molecule has 1 aromatic carbocycles. The summed E-state index contributed by atoms with van der Waals surface area (Å²) in [6.07, 6.45) is 0. The van der Waals surface area contributed by atoms with E-state index >= 15 is 0 Å². The van der Waals surface area contributed by atoms with E-state index in [9.17, 15) is 10.1 Å². The third-order valence-electron chi connectivity index (χ3n) is 3.99. The van der Waals surface area contributed by atoms with E-state index in [4.69, 9.17) is 9.31 Å². The van der Waals surface area contributed by atoms with Gasteiger partial charge in [0.1, 0.15) is 0 Å². The van der Waals surface area contributed by atoms with Gasteiger partial charge in [0.15, 0.2) is 0 Å². The highest BCUT2D eigenvalue weighted by Crippen LogP contribution is 2.40. The second-order valence-corrected chi connectivity index (χ2v) is 5.92. The van der Waals surface area contributed by atoms with Crippen LogP contribution in [-0.2, 0) is 9.31 Å². The molecule has 1 saturated heterocycles. The number of nitro groups is 1. The lowest BCUT2D eigenvalue weighted by Gasteiger charge is -2.32. The van der Waals surface area contributed by atoms with Gasteiger partial charge in [-0.15, -0.1) is 0 Å². The van der Waals surface area contributed by atoms with Crippen LogP contribution in [0.25, 0.3) is 5.47 Å². The SMILES string of the molecule is C=C(B1OC(C)(C)C(C)(C)O1)c1ccc([N+](=O)[O-])cc1. The monoisotopic (exact) mass is 275 g/mol. The van der Waals surface area contributed by atoms with Gasteiger partial charge in [-0.3, -0.25) is 10.1 Å². The van der Waals surface area contributed by atoms with Crippen LogP contribution in [0.15, 0.2) is 30.8 Å². The molecule has 1 fully saturated rings. The number of non-ortho nitro benzene ring substituents is 1. The van der Waals surface area contributed by atoms with Crippen molar-refractivity contribution in [3.8, 4) is 0 Å². The van der Waals surface area contributed by atoms with Crippen molar-refractivity contribution in [2.45, 2.75) is 38.9 Å². The van der Waals surface area contributed by atoms with Crippen LogP contribution >= 0.6 is 0 Å². The molecule has 0 aliphatic carbocycles.